The summed E-state index contributed by atoms with van der Waals surface area (Å²) >= 11 is 0. The summed E-state index contributed by atoms with van der Waals surface area (Å²) in [4.78, 5) is 12.3. The molecule has 2 N–H and O–H groups in total. The lowest BCUT2D eigenvalue weighted by molar-refractivity contribution is -0.148. The van der Waals surface area contributed by atoms with Crippen molar-refractivity contribution in [1.29, 1.82) is 0 Å². The molecule has 7 rings (SSSR count). The van der Waals surface area contributed by atoms with Crippen molar-refractivity contribution in [3.63, 3.8) is 0 Å². The van der Waals surface area contributed by atoms with Crippen LogP contribution in [0.3, 0.4) is 0 Å². The second kappa shape index (κ2) is 10.5. The van der Waals surface area contributed by atoms with E-state index >= 15 is 0 Å². The number of aromatic nitrogens is 3. The molecule has 8 heteroatoms. The molecule has 5 aromatic rings. The van der Waals surface area contributed by atoms with Crippen molar-refractivity contribution >= 4 is 22.5 Å². The molecule has 1 aliphatic carbocycles. The molecule has 0 bridgehead atoms. The zero-order valence-electron chi connectivity index (χ0n) is 23.9. The van der Waals surface area contributed by atoms with Crippen LogP contribution < -0.4 is 5.73 Å². The average molecular weight is 570 g/mol. The van der Waals surface area contributed by atoms with Gasteiger partial charge in [-0.2, -0.15) is 0 Å². The number of hydrogen-bond acceptors (Lipinski definition) is 6. The van der Waals surface area contributed by atoms with E-state index in [9.17, 15) is 0 Å². The molecule has 43 heavy (non-hydrogen) atoms. The summed E-state index contributed by atoms with van der Waals surface area (Å²) in [5, 5.41) is 0.543. The molecule has 0 spiro atoms. The number of nitrogen functional groups attached to an aromatic ring is 1. The molecule has 3 heterocycles. The van der Waals surface area contributed by atoms with Gasteiger partial charge in [0.2, 0.25) is 5.69 Å². The molecule has 3 atom stereocenters. The highest BCUT2D eigenvalue weighted by molar-refractivity contribution is 5.98. The van der Waals surface area contributed by atoms with E-state index in [-0.39, 0.29) is 30.7 Å². The van der Waals surface area contributed by atoms with Crippen molar-refractivity contribution in [1.82, 2.24) is 14.5 Å². The summed E-state index contributed by atoms with van der Waals surface area (Å²) in [6.45, 7) is 11.9. The maximum absolute atomic E-state index is 7.75. The predicted molar refractivity (Wildman–Crippen MR) is 164 cm³/mol. The van der Waals surface area contributed by atoms with Crippen LogP contribution in [0.5, 0.6) is 0 Å². The second-order valence-electron chi connectivity index (χ2n) is 11.3. The van der Waals surface area contributed by atoms with E-state index in [4.69, 9.17) is 26.5 Å². The molecule has 1 aliphatic heterocycles. The van der Waals surface area contributed by atoms with Gasteiger partial charge in [-0.1, -0.05) is 97.1 Å². The number of rotatable bonds is 7. The van der Waals surface area contributed by atoms with Crippen LogP contribution in [0.15, 0.2) is 115 Å². The van der Waals surface area contributed by atoms with Crippen molar-refractivity contribution in [2.45, 2.75) is 43.5 Å². The van der Waals surface area contributed by atoms with Crippen LogP contribution in [-0.4, -0.2) is 39.1 Å². The average Bonchev–Trinajstić information content (AvgIpc) is 3.68. The molecule has 8 nitrogen and oxygen atoms in total. The predicted octanol–water partition coefficient (Wildman–Crippen LogP) is 6.57. The van der Waals surface area contributed by atoms with Crippen LogP contribution in [0.25, 0.3) is 15.9 Å². The fourth-order valence-electron chi connectivity index (χ4n) is 6.46. The lowest BCUT2D eigenvalue weighted by Gasteiger charge is -2.36. The van der Waals surface area contributed by atoms with Crippen molar-refractivity contribution in [2.75, 3.05) is 12.3 Å². The fraction of sp³-hybridized carbons (Fsp3) is 0.229. The molecule has 214 valence electrons. The summed E-state index contributed by atoms with van der Waals surface area (Å²) in [5.41, 5.74) is 10.3. The molecule has 3 aromatic carbocycles. The van der Waals surface area contributed by atoms with Gasteiger partial charge in [0.15, 0.2) is 5.79 Å². The Balaban J connectivity index is 1.34. The van der Waals surface area contributed by atoms with E-state index < -0.39 is 11.4 Å². The van der Waals surface area contributed by atoms with Gasteiger partial charge in [-0.25, -0.2) is 14.8 Å². The van der Waals surface area contributed by atoms with Gasteiger partial charge < -0.3 is 24.5 Å². The number of benzene rings is 3. The van der Waals surface area contributed by atoms with E-state index in [2.05, 4.69) is 57.3 Å². The molecule has 0 radical (unpaired) electrons. The lowest BCUT2D eigenvalue weighted by atomic mass is 9.80. The fourth-order valence-corrected chi connectivity index (χ4v) is 6.46. The summed E-state index contributed by atoms with van der Waals surface area (Å²) in [7, 11) is 0. The monoisotopic (exact) mass is 569 g/mol. The smallest absolute Gasteiger partial charge is 0.217 e. The number of nitrogens with zero attached hydrogens (tertiary/aromatic N) is 4. The lowest BCUT2D eigenvalue weighted by Crippen LogP contribution is -2.35. The molecule has 1 saturated heterocycles. The quantitative estimate of drug-likeness (QED) is 0.135. The molecule has 1 fully saturated rings. The minimum Gasteiger partial charge on any atom is -0.384 e. The first-order chi connectivity index (χ1) is 20.9. The standard InChI is InChI=1S/C35H31N5O3/c1-34(2)42-30-23(19-28(31(30)43-34)40-20-27(37-3)29-32(36)38-22-39-33(29)40)21-41-35(24-13-7-4-8-14-24,25-15-9-5-10-16-25)26-17-11-6-12-18-26/h4-20,22,28,30-31H,21H2,1-2H3,(H2,36,38,39)/t28-,30+,31?/m1/s1. The van der Waals surface area contributed by atoms with Crippen LogP contribution in [0.2, 0.25) is 0 Å². The Morgan fingerprint density at radius 3 is 2.05 bits per heavy atom. The van der Waals surface area contributed by atoms with E-state index in [0.29, 0.717) is 16.7 Å². The molecule has 0 saturated carbocycles. The number of hydrogen-bond donors (Lipinski definition) is 1. The van der Waals surface area contributed by atoms with E-state index in [1.165, 1.54) is 6.33 Å². The first-order valence-electron chi connectivity index (χ1n) is 14.3. The maximum atomic E-state index is 7.75. The van der Waals surface area contributed by atoms with Crippen molar-refractivity contribution in [2.24, 2.45) is 0 Å². The van der Waals surface area contributed by atoms with Crippen molar-refractivity contribution in [3.05, 3.63) is 143 Å². The Kier molecular flexibility index (Phi) is 6.59. The normalized spacial score (nSPS) is 21.0. The Labute approximate surface area is 250 Å². The van der Waals surface area contributed by atoms with E-state index in [0.717, 1.165) is 22.3 Å². The third-order valence-corrected chi connectivity index (χ3v) is 8.27. The van der Waals surface area contributed by atoms with Crippen molar-refractivity contribution < 1.29 is 14.2 Å². The highest BCUT2D eigenvalue weighted by atomic mass is 16.8. The topological polar surface area (TPSA) is 88.8 Å². The zero-order chi connectivity index (χ0) is 29.6. The first kappa shape index (κ1) is 27.0. The van der Waals surface area contributed by atoms with Crippen LogP contribution in [-0.2, 0) is 19.8 Å². The third kappa shape index (κ3) is 4.50. The summed E-state index contributed by atoms with van der Waals surface area (Å²) in [6, 6.07) is 30.6. The molecular formula is C35H31N5O3. The Morgan fingerprint density at radius 1 is 0.907 bits per heavy atom. The van der Waals surface area contributed by atoms with Gasteiger partial charge >= 0.3 is 0 Å². The van der Waals surface area contributed by atoms with Crippen LogP contribution >= 0.6 is 0 Å². The van der Waals surface area contributed by atoms with Gasteiger partial charge in [-0.05, 0) is 36.1 Å². The minimum absolute atomic E-state index is 0.277. The molecule has 2 aliphatic rings. The number of anilines is 1. The third-order valence-electron chi connectivity index (χ3n) is 8.27. The summed E-state index contributed by atoms with van der Waals surface area (Å²) < 4.78 is 22.1. The Hall–Kier alpha value is -4.81. The zero-order valence-corrected chi connectivity index (χ0v) is 23.9. The van der Waals surface area contributed by atoms with E-state index in [1.54, 1.807) is 6.20 Å². The first-order valence-corrected chi connectivity index (χ1v) is 14.3. The SMILES string of the molecule is [C-]#[N+]c1cn([C@@H]2C=C(COC(c3ccccc3)(c3ccccc3)c3ccccc3)[C@@H]3OC(C)(C)OC23)c2ncnc(N)c12. The maximum Gasteiger partial charge on any atom is 0.217 e. The van der Waals surface area contributed by atoms with Gasteiger partial charge in [0.1, 0.15) is 35.6 Å². The van der Waals surface area contributed by atoms with Crippen LogP contribution in [0.1, 0.15) is 36.6 Å². The summed E-state index contributed by atoms with van der Waals surface area (Å²) in [5.74, 6) is -0.527. The van der Waals surface area contributed by atoms with Gasteiger partial charge in [-0.3, -0.25) is 0 Å². The largest absolute Gasteiger partial charge is 0.384 e. The number of ether oxygens (including phenoxy) is 3. The number of fused-ring (bicyclic) bond motifs is 2. The van der Waals surface area contributed by atoms with E-state index in [1.807, 2.05) is 73.0 Å². The molecular weight excluding hydrogens is 538 g/mol. The Bertz CT molecular complexity index is 1750. The van der Waals surface area contributed by atoms with Gasteiger partial charge in [0, 0.05) is 6.20 Å². The van der Waals surface area contributed by atoms with Crippen LogP contribution in [0, 0.1) is 6.57 Å². The Morgan fingerprint density at radius 2 is 1.49 bits per heavy atom. The highest BCUT2D eigenvalue weighted by Crippen LogP contribution is 2.47. The van der Waals surface area contributed by atoms with Crippen LogP contribution in [0.4, 0.5) is 11.5 Å². The summed E-state index contributed by atoms with van der Waals surface area (Å²) in [6.07, 6.45) is 4.63. The molecule has 0 amide bonds. The molecule has 1 unspecified atom stereocenters. The molecule has 2 aromatic heterocycles. The minimum atomic E-state index is -0.883. The van der Waals surface area contributed by atoms with Gasteiger partial charge in [0.25, 0.3) is 0 Å². The van der Waals surface area contributed by atoms with Crippen molar-refractivity contribution in [3.8, 4) is 0 Å². The van der Waals surface area contributed by atoms with Gasteiger partial charge in [-0.15, -0.1) is 0 Å². The number of nitrogens with two attached hydrogens (primary N) is 1. The van der Waals surface area contributed by atoms with Gasteiger partial charge in [0.05, 0.1) is 24.6 Å². The highest BCUT2D eigenvalue weighted by Gasteiger charge is 2.51. The second-order valence-corrected chi connectivity index (χ2v) is 11.3.